The number of sulfonamides is 1. The van der Waals surface area contributed by atoms with Crippen LogP contribution >= 0.6 is 11.3 Å². The fourth-order valence-electron chi connectivity index (χ4n) is 2.99. The summed E-state index contributed by atoms with van der Waals surface area (Å²) in [5.41, 5.74) is 0.561. The summed E-state index contributed by atoms with van der Waals surface area (Å²) >= 11 is 1.16. The van der Waals surface area contributed by atoms with E-state index in [1.807, 2.05) is 0 Å². The second-order valence-electron chi connectivity index (χ2n) is 6.56. The first-order valence-electron chi connectivity index (χ1n) is 8.94. The molecule has 0 bridgehead atoms. The third kappa shape index (κ3) is 4.78. The molecule has 2 heterocycles. The third-order valence-electron chi connectivity index (χ3n) is 4.42. The number of hydrogen-bond donors (Lipinski definition) is 2. The second-order valence-corrected chi connectivity index (χ2v) is 9.13. The normalized spacial score (nSPS) is 12.1. The SMILES string of the molecule is O=S(=O)(Nc1nccs1)c1ccc(-c2ncc(Cc3ccccc3C(F)(F)F)[nH]2)cc1. The number of anilines is 1. The number of nitrogens with one attached hydrogen (secondary N) is 2. The van der Waals surface area contributed by atoms with Crippen LogP contribution in [0.3, 0.4) is 0 Å². The van der Waals surface area contributed by atoms with Crippen LogP contribution in [0.4, 0.5) is 18.3 Å². The Morgan fingerprint density at radius 3 is 2.45 bits per heavy atom. The summed E-state index contributed by atoms with van der Waals surface area (Å²) < 4.78 is 66.8. The maximum atomic E-state index is 13.2. The van der Waals surface area contributed by atoms with E-state index in [2.05, 4.69) is 19.7 Å². The van der Waals surface area contributed by atoms with Gasteiger partial charge in [-0.3, -0.25) is 4.72 Å². The summed E-state index contributed by atoms with van der Waals surface area (Å²) in [6, 6.07) is 11.4. The van der Waals surface area contributed by atoms with Crippen LogP contribution < -0.4 is 4.72 Å². The largest absolute Gasteiger partial charge is 0.416 e. The Hall–Kier alpha value is -3.18. The summed E-state index contributed by atoms with van der Waals surface area (Å²) in [7, 11) is -3.78. The second kappa shape index (κ2) is 8.16. The van der Waals surface area contributed by atoms with Gasteiger partial charge in [-0.15, -0.1) is 11.3 Å². The molecule has 0 saturated carbocycles. The van der Waals surface area contributed by atoms with Crippen molar-refractivity contribution in [3.8, 4) is 11.4 Å². The van der Waals surface area contributed by atoms with E-state index in [0.717, 1.165) is 17.4 Å². The lowest BCUT2D eigenvalue weighted by Crippen LogP contribution is -2.12. The minimum atomic E-state index is -4.44. The van der Waals surface area contributed by atoms with Gasteiger partial charge < -0.3 is 4.98 Å². The summed E-state index contributed by atoms with van der Waals surface area (Å²) in [5.74, 6) is 0.427. The zero-order valence-corrected chi connectivity index (χ0v) is 17.4. The first-order valence-corrected chi connectivity index (χ1v) is 11.3. The lowest BCUT2D eigenvalue weighted by Gasteiger charge is -2.11. The molecule has 0 spiro atoms. The Labute approximate surface area is 179 Å². The number of H-pyrrole nitrogens is 1. The number of nitrogens with zero attached hydrogens (tertiary/aromatic N) is 2. The fourth-order valence-corrected chi connectivity index (χ4v) is 4.78. The van der Waals surface area contributed by atoms with Gasteiger partial charge in [0.25, 0.3) is 10.0 Å². The van der Waals surface area contributed by atoms with E-state index in [1.165, 1.54) is 36.7 Å². The Kier molecular flexibility index (Phi) is 5.54. The predicted molar refractivity (Wildman–Crippen MR) is 111 cm³/mol. The number of halogens is 3. The van der Waals surface area contributed by atoms with E-state index in [4.69, 9.17) is 0 Å². The molecule has 0 unspecified atom stereocenters. The highest BCUT2D eigenvalue weighted by atomic mass is 32.2. The molecule has 2 N–H and O–H groups in total. The van der Waals surface area contributed by atoms with Gasteiger partial charge in [-0.2, -0.15) is 13.2 Å². The molecule has 31 heavy (non-hydrogen) atoms. The fraction of sp³-hybridized carbons (Fsp3) is 0.100. The van der Waals surface area contributed by atoms with Crippen molar-refractivity contribution in [1.29, 1.82) is 0 Å². The first kappa shape index (κ1) is 21.1. The molecule has 0 radical (unpaired) electrons. The first-order chi connectivity index (χ1) is 14.7. The molecule has 2 aromatic carbocycles. The van der Waals surface area contributed by atoms with Crippen LogP contribution in [0.5, 0.6) is 0 Å². The summed E-state index contributed by atoms with van der Waals surface area (Å²) in [6.07, 6.45) is -1.44. The summed E-state index contributed by atoms with van der Waals surface area (Å²) in [4.78, 5) is 11.2. The van der Waals surface area contributed by atoms with Crippen LogP contribution in [-0.4, -0.2) is 23.4 Å². The van der Waals surface area contributed by atoms with Crippen LogP contribution in [0, 0.1) is 0 Å². The molecule has 0 aliphatic heterocycles. The molecule has 0 aliphatic carbocycles. The van der Waals surface area contributed by atoms with Gasteiger partial charge in [0, 0.05) is 35.5 Å². The number of imidazole rings is 1. The van der Waals surface area contributed by atoms with Crippen LogP contribution in [0.1, 0.15) is 16.8 Å². The summed E-state index contributed by atoms with van der Waals surface area (Å²) in [6.45, 7) is 0. The Morgan fingerprint density at radius 2 is 1.77 bits per heavy atom. The van der Waals surface area contributed by atoms with Crippen molar-refractivity contribution in [2.24, 2.45) is 0 Å². The van der Waals surface area contributed by atoms with Crippen molar-refractivity contribution < 1.29 is 21.6 Å². The lowest BCUT2D eigenvalue weighted by molar-refractivity contribution is -0.138. The highest BCUT2D eigenvalue weighted by molar-refractivity contribution is 7.93. The van der Waals surface area contributed by atoms with Gasteiger partial charge in [-0.1, -0.05) is 18.2 Å². The number of alkyl halides is 3. The highest BCUT2D eigenvalue weighted by Crippen LogP contribution is 2.33. The van der Waals surface area contributed by atoms with Crippen LogP contribution in [0.2, 0.25) is 0 Å². The Morgan fingerprint density at radius 1 is 1.03 bits per heavy atom. The molecule has 4 aromatic rings. The maximum absolute atomic E-state index is 13.2. The Balaban J connectivity index is 1.53. The number of rotatable bonds is 6. The molecule has 0 aliphatic rings. The van der Waals surface area contributed by atoms with Gasteiger partial charge in [-0.25, -0.2) is 18.4 Å². The molecule has 6 nitrogen and oxygen atoms in total. The van der Waals surface area contributed by atoms with Gasteiger partial charge in [0.1, 0.15) is 5.82 Å². The van der Waals surface area contributed by atoms with Gasteiger partial charge in [-0.05, 0) is 35.9 Å². The highest BCUT2D eigenvalue weighted by Gasteiger charge is 2.32. The van der Waals surface area contributed by atoms with Crippen molar-refractivity contribution >= 4 is 26.5 Å². The van der Waals surface area contributed by atoms with E-state index in [-0.39, 0.29) is 22.0 Å². The minimum absolute atomic E-state index is 0.0346. The molecular weight excluding hydrogens is 449 g/mol. The molecular formula is C20H15F3N4O2S2. The van der Waals surface area contributed by atoms with Crippen molar-refractivity contribution in [2.45, 2.75) is 17.5 Å². The molecule has 4 rings (SSSR count). The quantitative estimate of drug-likeness (QED) is 0.423. The van der Waals surface area contributed by atoms with Crippen molar-refractivity contribution in [3.63, 3.8) is 0 Å². The third-order valence-corrected chi connectivity index (χ3v) is 6.60. The number of aromatic amines is 1. The van der Waals surface area contributed by atoms with Gasteiger partial charge in [0.2, 0.25) is 0 Å². The van der Waals surface area contributed by atoms with E-state index in [9.17, 15) is 21.6 Å². The maximum Gasteiger partial charge on any atom is 0.416 e. The molecule has 0 fully saturated rings. The van der Waals surface area contributed by atoms with E-state index < -0.39 is 21.8 Å². The Bertz CT molecular complexity index is 1280. The molecule has 2 aromatic heterocycles. The van der Waals surface area contributed by atoms with Crippen LogP contribution in [0.15, 0.2) is 71.2 Å². The standard InChI is InChI=1S/C20H15F3N4O2S2/c21-20(22,23)17-4-2-1-3-14(17)11-15-12-25-18(26-15)13-5-7-16(8-6-13)31(28,29)27-19-24-9-10-30-19/h1-10,12H,11H2,(H,24,27)(H,25,26). The van der Waals surface area contributed by atoms with E-state index >= 15 is 0 Å². The summed E-state index contributed by atoms with van der Waals surface area (Å²) in [5, 5.41) is 1.92. The van der Waals surface area contributed by atoms with E-state index in [0.29, 0.717) is 17.1 Å². The van der Waals surface area contributed by atoms with Crippen molar-refractivity contribution in [1.82, 2.24) is 15.0 Å². The molecule has 160 valence electrons. The van der Waals surface area contributed by atoms with Crippen LogP contribution in [-0.2, 0) is 22.6 Å². The molecule has 0 amide bonds. The average Bonchev–Trinajstić information content (AvgIpc) is 3.40. The molecule has 11 heteroatoms. The molecule has 0 saturated heterocycles. The topological polar surface area (TPSA) is 87.7 Å². The van der Waals surface area contributed by atoms with Crippen molar-refractivity contribution in [2.75, 3.05) is 4.72 Å². The zero-order chi connectivity index (χ0) is 22.1. The van der Waals surface area contributed by atoms with Crippen molar-refractivity contribution in [3.05, 3.63) is 83.1 Å². The smallest absolute Gasteiger partial charge is 0.342 e. The number of thiazole rings is 1. The number of aromatic nitrogens is 3. The zero-order valence-electron chi connectivity index (χ0n) is 15.7. The minimum Gasteiger partial charge on any atom is -0.342 e. The van der Waals surface area contributed by atoms with Gasteiger partial charge in [0.05, 0.1) is 10.5 Å². The van der Waals surface area contributed by atoms with Gasteiger partial charge >= 0.3 is 6.18 Å². The average molecular weight is 464 g/mol. The van der Waals surface area contributed by atoms with Crippen LogP contribution in [0.25, 0.3) is 11.4 Å². The van der Waals surface area contributed by atoms with E-state index in [1.54, 1.807) is 23.6 Å². The number of benzene rings is 2. The predicted octanol–water partition coefficient (Wildman–Crippen LogP) is 4.94. The number of hydrogen-bond acceptors (Lipinski definition) is 5. The molecule has 0 atom stereocenters. The lowest BCUT2D eigenvalue weighted by atomic mass is 10.0. The monoisotopic (exact) mass is 464 g/mol. The van der Waals surface area contributed by atoms with Gasteiger partial charge in [0.15, 0.2) is 5.13 Å².